The number of piperidine rings is 1. The first-order valence-corrected chi connectivity index (χ1v) is 11.8. The van der Waals surface area contributed by atoms with Crippen LogP contribution in [0.3, 0.4) is 0 Å². The van der Waals surface area contributed by atoms with Gasteiger partial charge in [-0.15, -0.1) is 0 Å². The number of aromatic nitrogens is 5. The molecule has 1 aliphatic rings. The second kappa shape index (κ2) is 9.53. The number of methoxy groups -OCH3 is 1. The fourth-order valence-corrected chi connectivity index (χ4v) is 5.47. The van der Waals surface area contributed by atoms with Gasteiger partial charge in [-0.05, 0) is 29.3 Å². The van der Waals surface area contributed by atoms with E-state index in [0.717, 1.165) is 11.3 Å². The number of ether oxygens (including phenoxy) is 1. The van der Waals surface area contributed by atoms with Crippen LogP contribution in [0.15, 0.2) is 10.8 Å². The van der Waals surface area contributed by atoms with Crippen molar-refractivity contribution in [2.75, 3.05) is 25.1 Å². The highest BCUT2D eigenvalue weighted by Gasteiger charge is 2.34. The van der Waals surface area contributed by atoms with Gasteiger partial charge < -0.3 is 25.0 Å². The van der Waals surface area contributed by atoms with Gasteiger partial charge in [0.15, 0.2) is 11.0 Å². The Morgan fingerprint density at radius 3 is 2.82 bits per heavy atom. The predicted molar refractivity (Wildman–Crippen MR) is 126 cm³/mol. The van der Waals surface area contributed by atoms with E-state index in [-0.39, 0.29) is 34.3 Å². The number of aromatic carboxylic acids is 1. The Kier molecular flexibility index (Phi) is 6.69. The number of anilines is 1. The van der Waals surface area contributed by atoms with Crippen LogP contribution in [-0.2, 0) is 11.8 Å². The van der Waals surface area contributed by atoms with E-state index in [1.54, 1.807) is 21.1 Å². The molecule has 0 bridgehead atoms. The van der Waals surface area contributed by atoms with Crippen molar-refractivity contribution in [2.24, 2.45) is 7.05 Å². The monoisotopic (exact) mass is 548 g/mol. The number of amides is 1. The van der Waals surface area contributed by atoms with Crippen molar-refractivity contribution in [3.63, 3.8) is 0 Å². The fraction of sp³-hybridized carbons (Fsp3) is 0.400. The Morgan fingerprint density at radius 2 is 2.24 bits per heavy atom. The van der Waals surface area contributed by atoms with Crippen LogP contribution in [0.5, 0.6) is 0 Å². The molecule has 2 atom stereocenters. The molecule has 0 unspecified atom stereocenters. The molecule has 1 amide bonds. The number of H-pyrrole nitrogens is 1. The Bertz CT molecular complexity index is 1290. The maximum Gasteiger partial charge on any atom is 0.348 e. The molecule has 34 heavy (non-hydrogen) atoms. The highest BCUT2D eigenvalue weighted by Crippen LogP contribution is 2.34. The SMILES string of the molecule is CO[C@H]1CN(c2nc(-c3ncnn3C)c(C(=O)O)s2)CC[C@H]1NC(=O)c1[nH]c(C)c(C#N)c1Br. The molecule has 178 valence electrons. The van der Waals surface area contributed by atoms with Crippen LogP contribution in [0, 0.1) is 18.3 Å². The number of hydrogen-bond acceptors (Lipinski definition) is 9. The first kappa shape index (κ1) is 23.9. The molecule has 12 nitrogen and oxygen atoms in total. The second-order valence-corrected chi connectivity index (χ2v) is 9.47. The maximum atomic E-state index is 12.9. The summed E-state index contributed by atoms with van der Waals surface area (Å²) in [5, 5.41) is 26.4. The molecular weight excluding hydrogens is 528 g/mol. The molecule has 3 aromatic heterocycles. The minimum atomic E-state index is -1.09. The molecule has 4 rings (SSSR count). The number of carboxylic acids is 1. The van der Waals surface area contributed by atoms with Crippen LogP contribution in [0.1, 0.15) is 37.8 Å². The number of carboxylic acid groups (broad SMARTS) is 1. The number of carbonyl (C=O) groups excluding carboxylic acids is 1. The molecule has 0 radical (unpaired) electrons. The summed E-state index contributed by atoms with van der Waals surface area (Å²) in [5.74, 6) is -1.06. The third kappa shape index (κ3) is 4.29. The van der Waals surface area contributed by atoms with E-state index < -0.39 is 5.97 Å². The zero-order chi connectivity index (χ0) is 24.6. The van der Waals surface area contributed by atoms with Gasteiger partial charge >= 0.3 is 5.97 Å². The summed E-state index contributed by atoms with van der Waals surface area (Å²) in [7, 11) is 3.23. The minimum absolute atomic E-state index is 0.0794. The van der Waals surface area contributed by atoms with E-state index in [9.17, 15) is 20.0 Å². The van der Waals surface area contributed by atoms with Crippen molar-refractivity contribution in [1.29, 1.82) is 5.26 Å². The van der Waals surface area contributed by atoms with Crippen molar-refractivity contribution < 1.29 is 19.4 Å². The van der Waals surface area contributed by atoms with E-state index in [1.807, 2.05) is 4.90 Å². The van der Waals surface area contributed by atoms with Crippen LogP contribution in [-0.4, -0.2) is 74.1 Å². The van der Waals surface area contributed by atoms with Gasteiger partial charge in [0, 0.05) is 32.9 Å². The quantitative estimate of drug-likeness (QED) is 0.417. The molecule has 3 N–H and O–H groups in total. The van der Waals surface area contributed by atoms with E-state index in [0.29, 0.717) is 46.2 Å². The van der Waals surface area contributed by atoms with Gasteiger partial charge in [0.05, 0.1) is 22.2 Å². The summed E-state index contributed by atoms with van der Waals surface area (Å²) in [6, 6.07) is 1.78. The predicted octanol–water partition coefficient (Wildman–Crippen LogP) is 1.93. The van der Waals surface area contributed by atoms with Crippen LogP contribution in [0.25, 0.3) is 11.5 Å². The summed E-state index contributed by atoms with van der Waals surface area (Å²) in [6.45, 7) is 2.66. The van der Waals surface area contributed by atoms with E-state index >= 15 is 0 Å². The van der Waals surface area contributed by atoms with Crippen molar-refractivity contribution >= 4 is 44.3 Å². The largest absolute Gasteiger partial charge is 0.477 e. The standard InChI is InChI=1S/C20H21BrN8O4S/c1-9-10(6-22)13(21)14(25-9)18(30)26-11-4-5-29(7-12(11)33-3)20-27-15(16(34-20)19(31)32)17-23-8-24-28(17)2/h8,11-12,25H,4-5,7H2,1-3H3,(H,26,30)(H,31,32)/t11-,12+/m1/s1. The maximum absolute atomic E-state index is 12.9. The highest BCUT2D eigenvalue weighted by atomic mass is 79.9. The number of aromatic amines is 1. The number of thiazole rings is 1. The Hall–Kier alpha value is -3.28. The summed E-state index contributed by atoms with van der Waals surface area (Å²) in [6.07, 6.45) is 1.53. The number of halogens is 1. The molecule has 3 aromatic rings. The molecule has 4 heterocycles. The Balaban J connectivity index is 1.52. The van der Waals surface area contributed by atoms with Crippen LogP contribution in [0.2, 0.25) is 0 Å². The van der Waals surface area contributed by atoms with Gasteiger partial charge in [0.2, 0.25) is 0 Å². The van der Waals surface area contributed by atoms with Gasteiger partial charge in [0.1, 0.15) is 28.7 Å². The lowest BCUT2D eigenvalue weighted by Crippen LogP contribution is -2.55. The number of nitrogens with one attached hydrogen (secondary N) is 2. The number of nitrogens with zero attached hydrogens (tertiary/aromatic N) is 6. The lowest BCUT2D eigenvalue weighted by molar-refractivity contribution is 0.0540. The summed E-state index contributed by atoms with van der Waals surface area (Å²) < 4.78 is 7.55. The number of hydrogen-bond donors (Lipinski definition) is 3. The molecule has 0 aromatic carbocycles. The number of aryl methyl sites for hydroxylation is 2. The molecule has 1 saturated heterocycles. The van der Waals surface area contributed by atoms with Crippen LogP contribution < -0.4 is 10.2 Å². The van der Waals surface area contributed by atoms with Gasteiger partial charge in [-0.2, -0.15) is 10.4 Å². The van der Waals surface area contributed by atoms with Crippen molar-refractivity contribution in [1.82, 2.24) is 30.0 Å². The third-order valence-electron chi connectivity index (χ3n) is 5.65. The van der Waals surface area contributed by atoms with Crippen molar-refractivity contribution in [3.8, 4) is 17.6 Å². The second-order valence-electron chi connectivity index (χ2n) is 7.70. The Labute approximate surface area is 206 Å². The first-order chi connectivity index (χ1) is 16.2. The van der Waals surface area contributed by atoms with Gasteiger partial charge in [0.25, 0.3) is 5.91 Å². The molecule has 0 spiro atoms. The fourth-order valence-electron chi connectivity index (χ4n) is 3.87. The van der Waals surface area contributed by atoms with Gasteiger partial charge in [-0.25, -0.2) is 19.4 Å². The van der Waals surface area contributed by atoms with Gasteiger partial charge in [-0.3, -0.25) is 4.79 Å². The average molecular weight is 549 g/mol. The smallest absolute Gasteiger partial charge is 0.348 e. The van der Waals surface area contributed by atoms with E-state index in [4.69, 9.17) is 4.74 Å². The summed E-state index contributed by atoms with van der Waals surface area (Å²) in [4.78, 5) is 38.3. The third-order valence-corrected chi connectivity index (χ3v) is 7.54. The average Bonchev–Trinajstić information content (AvgIpc) is 3.50. The molecular formula is C20H21BrN8O4S. The molecule has 1 fully saturated rings. The van der Waals surface area contributed by atoms with Crippen molar-refractivity contribution in [3.05, 3.63) is 32.6 Å². The molecule has 0 aliphatic carbocycles. The van der Waals surface area contributed by atoms with Crippen LogP contribution >= 0.6 is 27.3 Å². The van der Waals surface area contributed by atoms with E-state index in [1.165, 1.54) is 11.0 Å². The molecule has 0 saturated carbocycles. The lowest BCUT2D eigenvalue weighted by Gasteiger charge is -2.37. The normalized spacial score (nSPS) is 18.0. The zero-order valence-corrected chi connectivity index (χ0v) is 20.9. The van der Waals surface area contributed by atoms with Gasteiger partial charge in [-0.1, -0.05) is 11.3 Å². The highest BCUT2D eigenvalue weighted by molar-refractivity contribution is 9.10. The topological polar surface area (TPSA) is 162 Å². The Morgan fingerprint density at radius 1 is 1.47 bits per heavy atom. The lowest BCUT2D eigenvalue weighted by atomic mass is 10.0. The molecule has 1 aliphatic heterocycles. The minimum Gasteiger partial charge on any atom is -0.477 e. The number of rotatable bonds is 6. The van der Waals surface area contributed by atoms with Crippen LogP contribution in [0.4, 0.5) is 5.13 Å². The first-order valence-electron chi connectivity index (χ1n) is 10.2. The van der Waals surface area contributed by atoms with Crippen molar-refractivity contribution in [2.45, 2.75) is 25.5 Å². The number of carbonyl (C=O) groups is 2. The zero-order valence-electron chi connectivity index (χ0n) is 18.5. The van der Waals surface area contributed by atoms with E-state index in [2.05, 4.69) is 47.4 Å². The summed E-state index contributed by atoms with van der Waals surface area (Å²) in [5.41, 5.74) is 1.54. The number of nitriles is 1. The molecule has 14 heteroatoms. The summed E-state index contributed by atoms with van der Waals surface area (Å²) >= 11 is 4.39.